The molecule has 6 nitrogen and oxygen atoms in total. The van der Waals surface area contributed by atoms with E-state index >= 15 is 0 Å². The summed E-state index contributed by atoms with van der Waals surface area (Å²) in [5.74, 6) is -0.0612. The Morgan fingerprint density at radius 1 is 0.329 bits per heavy atom. The average molecular weight is 1190 g/mol. The van der Waals surface area contributed by atoms with E-state index in [-0.39, 0.29) is 18.5 Å². The Morgan fingerprint density at radius 3 is 0.941 bits per heavy atom. The molecule has 0 aliphatic carbocycles. The molecule has 498 valence electrons. The summed E-state index contributed by atoms with van der Waals surface area (Å²) < 4.78 is 5.48. The number of aliphatic hydroxyl groups excluding tert-OH is 2. The van der Waals surface area contributed by atoms with Crippen molar-refractivity contribution in [1.29, 1.82) is 0 Å². The standard InChI is InChI=1S/C79H147NO5/c1-3-5-7-9-11-13-15-17-18-19-20-38-41-44-48-51-55-59-63-67-71-77(82)76(75-81)80-78(83)72-68-64-60-56-52-49-45-42-39-36-34-32-30-28-26-24-22-21-23-25-27-29-31-33-35-37-40-43-46-50-54-58-62-66-70-74-85-79(84)73-69-65-61-57-53-47-16-14-12-10-8-6-4-2/h8,10,14,16,23,25,29,31,67,71,76-77,81-82H,3-7,9,11-13,15,17-22,24,26-28,30,32-66,68-70,72-75H2,1-2H3,(H,80,83)/b10-8-,16-14-,25-23-,31-29-,71-67+. The van der Waals surface area contributed by atoms with Crippen molar-refractivity contribution in [2.45, 2.75) is 418 Å². The second kappa shape index (κ2) is 74.0. The normalized spacial score (nSPS) is 12.8. The number of carbonyl (C=O) groups excluding carboxylic acids is 2. The van der Waals surface area contributed by atoms with Crippen LogP contribution in [0.1, 0.15) is 406 Å². The van der Waals surface area contributed by atoms with Gasteiger partial charge in [-0.3, -0.25) is 9.59 Å². The minimum Gasteiger partial charge on any atom is -0.466 e. The van der Waals surface area contributed by atoms with Gasteiger partial charge < -0.3 is 20.3 Å². The Morgan fingerprint density at radius 2 is 0.612 bits per heavy atom. The van der Waals surface area contributed by atoms with Crippen molar-refractivity contribution in [3.8, 4) is 0 Å². The Balaban J connectivity index is 3.40. The molecule has 0 aliphatic rings. The summed E-state index contributed by atoms with van der Waals surface area (Å²) >= 11 is 0. The summed E-state index contributed by atoms with van der Waals surface area (Å²) in [6, 6.07) is -0.628. The maximum absolute atomic E-state index is 12.5. The van der Waals surface area contributed by atoms with E-state index in [9.17, 15) is 19.8 Å². The molecule has 0 saturated carbocycles. The van der Waals surface area contributed by atoms with Gasteiger partial charge >= 0.3 is 5.97 Å². The first-order valence-electron chi connectivity index (χ1n) is 38.1. The molecule has 0 spiro atoms. The van der Waals surface area contributed by atoms with Gasteiger partial charge in [-0.1, -0.05) is 364 Å². The Kier molecular flexibility index (Phi) is 71.9. The van der Waals surface area contributed by atoms with Crippen LogP contribution in [0.5, 0.6) is 0 Å². The number of rotatable bonds is 71. The Labute approximate surface area is 530 Å². The van der Waals surface area contributed by atoms with E-state index in [4.69, 9.17) is 4.74 Å². The molecule has 0 aliphatic heterocycles. The van der Waals surface area contributed by atoms with E-state index in [1.165, 1.54) is 321 Å². The molecular weight excluding hydrogens is 1040 g/mol. The van der Waals surface area contributed by atoms with Crippen LogP contribution < -0.4 is 5.32 Å². The lowest BCUT2D eigenvalue weighted by Gasteiger charge is -2.20. The predicted octanol–water partition coefficient (Wildman–Crippen LogP) is 25.0. The molecule has 2 atom stereocenters. The zero-order valence-electron chi connectivity index (χ0n) is 57.1. The molecule has 0 aromatic carbocycles. The molecule has 1 amide bonds. The predicted molar refractivity (Wildman–Crippen MR) is 375 cm³/mol. The second-order valence-corrected chi connectivity index (χ2v) is 26.0. The zero-order valence-corrected chi connectivity index (χ0v) is 57.1. The van der Waals surface area contributed by atoms with Crippen molar-refractivity contribution < 1.29 is 24.5 Å². The third-order valence-corrected chi connectivity index (χ3v) is 17.5. The van der Waals surface area contributed by atoms with E-state index in [0.29, 0.717) is 19.4 Å². The quantitative estimate of drug-likeness (QED) is 0.0320. The highest BCUT2D eigenvalue weighted by molar-refractivity contribution is 5.76. The summed E-state index contributed by atoms with van der Waals surface area (Å²) in [7, 11) is 0. The van der Waals surface area contributed by atoms with Gasteiger partial charge in [-0.2, -0.15) is 0 Å². The summed E-state index contributed by atoms with van der Waals surface area (Å²) in [5.41, 5.74) is 0. The molecule has 0 bridgehead atoms. The van der Waals surface area contributed by atoms with Gasteiger partial charge in [0.15, 0.2) is 0 Å². The highest BCUT2D eigenvalue weighted by Crippen LogP contribution is 2.19. The minimum atomic E-state index is -0.845. The van der Waals surface area contributed by atoms with Crippen LogP contribution in [0.3, 0.4) is 0 Å². The zero-order chi connectivity index (χ0) is 61.3. The number of amides is 1. The second-order valence-electron chi connectivity index (χ2n) is 26.0. The van der Waals surface area contributed by atoms with E-state index in [1.54, 1.807) is 6.08 Å². The molecule has 0 saturated heterocycles. The smallest absolute Gasteiger partial charge is 0.305 e. The monoisotopic (exact) mass is 1190 g/mol. The number of hydrogen-bond donors (Lipinski definition) is 3. The van der Waals surface area contributed by atoms with E-state index in [2.05, 4.69) is 67.8 Å². The van der Waals surface area contributed by atoms with Gasteiger partial charge in [-0.15, -0.1) is 0 Å². The van der Waals surface area contributed by atoms with Gasteiger partial charge in [-0.05, 0) is 89.9 Å². The maximum atomic E-state index is 12.5. The van der Waals surface area contributed by atoms with Crippen LogP contribution in [0.25, 0.3) is 0 Å². The van der Waals surface area contributed by atoms with E-state index < -0.39 is 12.1 Å². The summed E-state index contributed by atoms with van der Waals surface area (Å²) in [6.45, 7) is 4.87. The van der Waals surface area contributed by atoms with Crippen molar-refractivity contribution in [2.24, 2.45) is 0 Å². The number of carbonyl (C=O) groups is 2. The molecule has 0 aromatic heterocycles. The first kappa shape index (κ1) is 82.6. The number of aliphatic hydroxyl groups is 2. The molecule has 0 rings (SSSR count). The van der Waals surface area contributed by atoms with Gasteiger partial charge in [0.05, 0.1) is 25.4 Å². The van der Waals surface area contributed by atoms with E-state index in [1.807, 2.05) is 6.08 Å². The Bertz CT molecular complexity index is 1470. The molecule has 0 radical (unpaired) electrons. The first-order valence-corrected chi connectivity index (χ1v) is 38.1. The number of allylic oxidation sites excluding steroid dienone is 9. The van der Waals surface area contributed by atoms with Gasteiger partial charge in [0, 0.05) is 12.8 Å². The molecule has 85 heavy (non-hydrogen) atoms. The Hall–Kier alpha value is -2.44. The molecule has 6 heteroatoms. The summed E-state index contributed by atoms with van der Waals surface area (Å²) in [4.78, 5) is 24.6. The van der Waals surface area contributed by atoms with Gasteiger partial charge in [-0.25, -0.2) is 0 Å². The van der Waals surface area contributed by atoms with Crippen molar-refractivity contribution in [3.63, 3.8) is 0 Å². The molecule has 0 heterocycles. The van der Waals surface area contributed by atoms with Crippen molar-refractivity contribution >= 4 is 11.9 Å². The number of ether oxygens (including phenoxy) is 1. The van der Waals surface area contributed by atoms with Crippen LogP contribution in [0, 0.1) is 0 Å². The van der Waals surface area contributed by atoms with Gasteiger partial charge in [0.25, 0.3) is 0 Å². The first-order chi connectivity index (χ1) is 42.0. The van der Waals surface area contributed by atoms with Crippen LogP contribution in [0.4, 0.5) is 0 Å². The largest absolute Gasteiger partial charge is 0.466 e. The number of esters is 1. The lowest BCUT2D eigenvalue weighted by Crippen LogP contribution is -2.45. The highest BCUT2D eigenvalue weighted by atomic mass is 16.5. The topological polar surface area (TPSA) is 95.9 Å². The van der Waals surface area contributed by atoms with Crippen molar-refractivity contribution in [3.05, 3.63) is 60.8 Å². The summed E-state index contributed by atoms with van der Waals surface area (Å²) in [5, 5.41) is 23.3. The van der Waals surface area contributed by atoms with Crippen LogP contribution in [-0.4, -0.2) is 47.4 Å². The van der Waals surface area contributed by atoms with Crippen molar-refractivity contribution in [2.75, 3.05) is 13.2 Å². The maximum Gasteiger partial charge on any atom is 0.305 e. The lowest BCUT2D eigenvalue weighted by molar-refractivity contribution is -0.143. The third kappa shape index (κ3) is 70.5. The average Bonchev–Trinajstić information content (AvgIpc) is 3.51. The minimum absolute atomic E-state index is 0.00110. The molecule has 2 unspecified atom stereocenters. The fourth-order valence-corrected chi connectivity index (χ4v) is 11.7. The third-order valence-electron chi connectivity index (χ3n) is 17.5. The molecule has 0 aromatic rings. The van der Waals surface area contributed by atoms with Crippen LogP contribution in [-0.2, 0) is 14.3 Å². The molecular formula is C79H147NO5. The van der Waals surface area contributed by atoms with Crippen molar-refractivity contribution in [1.82, 2.24) is 5.32 Å². The number of nitrogens with one attached hydrogen (secondary N) is 1. The number of hydrogen-bond acceptors (Lipinski definition) is 5. The lowest BCUT2D eigenvalue weighted by atomic mass is 10.0. The van der Waals surface area contributed by atoms with Crippen LogP contribution in [0.15, 0.2) is 60.8 Å². The van der Waals surface area contributed by atoms with Gasteiger partial charge in [0.2, 0.25) is 5.91 Å². The fraction of sp³-hybridized carbons (Fsp3) is 0.848. The SMILES string of the molecule is CCC/C=C\C/C=C\CCCCCCCC(=O)OCCCCCCCCCCCCC/C=C\C/C=C\CCCCCCCCCCCCCCCCCCCC(=O)NC(CO)C(O)/C=C/CCCCCCCCCCCCCCCCCCCC. The van der Waals surface area contributed by atoms with Gasteiger partial charge in [0.1, 0.15) is 0 Å². The molecule has 0 fully saturated rings. The fourth-order valence-electron chi connectivity index (χ4n) is 11.7. The van der Waals surface area contributed by atoms with Crippen LogP contribution in [0.2, 0.25) is 0 Å². The molecule has 3 N–H and O–H groups in total. The summed E-state index contributed by atoms with van der Waals surface area (Å²) in [6.07, 6.45) is 99.0. The van der Waals surface area contributed by atoms with Crippen LogP contribution >= 0.6 is 0 Å². The highest BCUT2D eigenvalue weighted by Gasteiger charge is 2.18. The van der Waals surface area contributed by atoms with E-state index in [0.717, 1.165) is 57.8 Å². The number of unbranched alkanes of at least 4 members (excludes halogenated alkanes) is 52.